The van der Waals surface area contributed by atoms with Crippen LogP contribution in [0.5, 0.6) is 0 Å². The van der Waals surface area contributed by atoms with Crippen molar-refractivity contribution < 1.29 is 0 Å². The summed E-state index contributed by atoms with van der Waals surface area (Å²) in [4.78, 5) is 5.59. The zero-order valence-electron chi connectivity index (χ0n) is 10.1. The summed E-state index contributed by atoms with van der Waals surface area (Å²) < 4.78 is 0. The number of pyridine rings is 1. The fourth-order valence-electron chi connectivity index (χ4n) is 1.55. The monoisotopic (exact) mass is 236 g/mol. The Kier molecular flexibility index (Phi) is 4.24. The van der Waals surface area contributed by atoms with E-state index in [4.69, 9.17) is 0 Å². The van der Waals surface area contributed by atoms with Gasteiger partial charge < -0.3 is 5.32 Å². The summed E-state index contributed by atoms with van der Waals surface area (Å²) in [5.74, 6) is 1.71. The summed E-state index contributed by atoms with van der Waals surface area (Å²) in [5.41, 5.74) is 1.33. The van der Waals surface area contributed by atoms with Crippen LogP contribution in [-0.2, 0) is 0 Å². The lowest BCUT2D eigenvalue weighted by Crippen LogP contribution is -2.19. The summed E-state index contributed by atoms with van der Waals surface area (Å²) in [6.07, 6.45) is 6.68. The van der Waals surface area contributed by atoms with E-state index in [-0.39, 0.29) is 0 Å². The van der Waals surface area contributed by atoms with Gasteiger partial charge in [0.15, 0.2) is 0 Å². The van der Waals surface area contributed by atoms with Gasteiger partial charge in [0.2, 0.25) is 0 Å². The van der Waals surface area contributed by atoms with Crippen LogP contribution >= 0.6 is 11.8 Å². The fourth-order valence-corrected chi connectivity index (χ4v) is 2.36. The van der Waals surface area contributed by atoms with Crippen LogP contribution in [0.15, 0.2) is 23.4 Å². The molecule has 16 heavy (non-hydrogen) atoms. The minimum atomic E-state index is 0.567. The number of nitrogens with zero attached hydrogens (tertiary/aromatic N) is 1. The summed E-state index contributed by atoms with van der Waals surface area (Å²) in [5, 5.41) is 3.52. The molecule has 1 aromatic heterocycles. The maximum atomic E-state index is 4.29. The van der Waals surface area contributed by atoms with Gasteiger partial charge in [-0.05, 0) is 30.4 Å². The van der Waals surface area contributed by atoms with Crippen molar-refractivity contribution in [2.24, 2.45) is 0 Å². The first kappa shape index (κ1) is 11.9. The molecule has 1 saturated carbocycles. The van der Waals surface area contributed by atoms with Crippen molar-refractivity contribution >= 4 is 11.8 Å². The largest absolute Gasteiger partial charge is 0.313 e. The minimum absolute atomic E-state index is 0.567. The second-order valence-electron chi connectivity index (χ2n) is 4.69. The molecule has 1 fully saturated rings. The van der Waals surface area contributed by atoms with Gasteiger partial charge in [0.1, 0.15) is 0 Å². The van der Waals surface area contributed by atoms with Gasteiger partial charge in [-0.1, -0.05) is 13.8 Å². The van der Waals surface area contributed by atoms with E-state index in [1.165, 1.54) is 23.3 Å². The predicted octanol–water partition coefficient (Wildman–Crippen LogP) is 3.05. The molecule has 0 unspecified atom stereocenters. The van der Waals surface area contributed by atoms with Crippen LogP contribution in [0, 0.1) is 0 Å². The molecule has 0 bridgehead atoms. The van der Waals surface area contributed by atoms with E-state index in [2.05, 4.69) is 30.2 Å². The van der Waals surface area contributed by atoms with Crippen LogP contribution in [0.2, 0.25) is 0 Å². The number of hydrogen-bond donors (Lipinski definition) is 1. The van der Waals surface area contributed by atoms with Crippen LogP contribution in [0.25, 0.3) is 0 Å². The molecule has 1 aliphatic carbocycles. The Morgan fingerprint density at radius 1 is 1.44 bits per heavy atom. The van der Waals surface area contributed by atoms with E-state index in [1.807, 2.05) is 24.2 Å². The quantitative estimate of drug-likeness (QED) is 0.607. The molecule has 0 amide bonds. The third-order valence-electron chi connectivity index (χ3n) is 2.78. The molecular weight excluding hydrogens is 216 g/mol. The Labute approximate surface area is 102 Å². The van der Waals surface area contributed by atoms with E-state index >= 15 is 0 Å². The van der Waals surface area contributed by atoms with Gasteiger partial charge in [-0.25, -0.2) is 0 Å². The van der Waals surface area contributed by atoms with Gasteiger partial charge in [-0.15, -0.1) is 11.8 Å². The zero-order chi connectivity index (χ0) is 11.4. The van der Waals surface area contributed by atoms with Crippen molar-refractivity contribution in [3.63, 3.8) is 0 Å². The van der Waals surface area contributed by atoms with Gasteiger partial charge in [-0.3, -0.25) is 4.98 Å². The highest BCUT2D eigenvalue weighted by Gasteiger charge is 2.19. The molecule has 0 radical (unpaired) electrons. The standard InChI is InChI=1S/C13H20N2S/c1-10(2)11-7-13(9-14-8-11)16-6-5-15-12-3-4-12/h7-10,12,15H,3-6H2,1-2H3. The van der Waals surface area contributed by atoms with Gasteiger partial charge in [0.25, 0.3) is 0 Å². The molecule has 1 N–H and O–H groups in total. The number of nitrogens with one attached hydrogen (secondary N) is 1. The predicted molar refractivity (Wildman–Crippen MR) is 70.1 cm³/mol. The molecule has 0 aliphatic heterocycles. The van der Waals surface area contributed by atoms with E-state index in [9.17, 15) is 0 Å². The number of rotatable bonds is 6. The lowest BCUT2D eigenvalue weighted by Gasteiger charge is -2.07. The Hall–Kier alpha value is -0.540. The SMILES string of the molecule is CC(C)c1cncc(SCCNC2CC2)c1. The number of aromatic nitrogens is 1. The van der Waals surface area contributed by atoms with Gasteiger partial charge in [0, 0.05) is 35.6 Å². The van der Waals surface area contributed by atoms with Gasteiger partial charge in [0.05, 0.1) is 0 Å². The Morgan fingerprint density at radius 2 is 2.25 bits per heavy atom. The Morgan fingerprint density at radius 3 is 2.94 bits per heavy atom. The summed E-state index contributed by atoms with van der Waals surface area (Å²) in [7, 11) is 0. The van der Waals surface area contributed by atoms with Crippen molar-refractivity contribution in [1.82, 2.24) is 10.3 Å². The second kappa shape index (κ2) is 5.69. The molecular formula is C13H20N2S. The topological polar surface area (TPSA) is 24.9 Å². The third-order valence-corrected chi connectivity index (χ3v) is 3.75. The highest BCUT2D eigenvalue weighted by atomic mass is 32.2. The maximum Gasteiger partial charge on any atom is 0.0404 e. The molecule has 1 aromatic rings. The average molecular weight is 236 g/mol. The maximum absolute atomic E-state index is 4.29. The third kappa shape index (κ3) is 3.80. The summed E-state index contributed by atoms with van der Waals surface area (Å²) in [6.45, 7) is 5.53. The van der Waals surface area contributed by atoms with Crippen molar-refractivity contribution in [3.05, 3.63) is 24.0 Å². The van der Waals surface area contributed by atoms with Gasteiger partial charge >= 0.3 is 0 Å². The van der Waals surface area contributed by atoms with Crippen LogP contribution in [0.3, 0.4) is 0 Å². The van der Waals surface area contributed by atoms with Crippen molar-refractivity contribution in [2.45, 2.75) is 43.5 Å². The molecule has 3 heteroatoms. The molecule has 0 saturated heterocycles. The lowest BCUT2D eigenvalue weighted by atomic mass is 10.1. The van der Waals surface area contributed by atoms with Crippen molar-refractivity contribution in [3.8, 4) is 0 Å². The molecule has 88 valence electrons. The van der Waals surface area contributed by atoms with Crippen LogP contribution in [0.1, 0.15) is 38.2 Å². The molecule has 1 heterocycles. The molecule has 0 aromatic carbocycles. The highest BCUT2D eigenvalue weighted by Crippen LogP contribution is 2.22. The molecule has 0 atom stereocenters. The van der Waals surface area contributed by atoms with E-state index in [0.29, 0.717) is 5.92 Å². The molecule has 2 rings (SSSR count). The second-order valence-corrected chi connectivity index (χ2v) is 5.85. The minimum Gasteiger partial charge on any atom is -0.313 e. The number of thioether (sulfide) groups is 1. The smallest absolute Gasteiger partial charge is 0.0404 e. The Bertz CT molecular complexity index is 334. The van der Waals surface area contributed by atoms with E-state index in [1.54, 1.807) is 0 Å². The normalized spacial score (nSPS) is 15.7. The van der Waals surface area contributed by atoms with Crippen LogP contribution in [0.4, 0.5) is 0 Å². The first-order valence-corrected chi connectivity index (χ1v) is 7.05. The highest BCUT2D eigenvalue weighted by molar-refractivity contribution is 7.99. The molecule has 0 spiro atoms. The molecule has 2 nitrogen and oxygen atoms in total. The van der Waals surface area contributed by atoms with Crippen LogP contribution < -0.4 is 5.32 Å². The first-order chi connectivity index (χ1) is 7.75. The first-order valence-electron chi connectivity index (χ1n) is 6.07. The van der Waals surface area contributed by atoms with Crippen molar-refractivity contribution in [2.75, 3.05) is 12.3 Å². The molecule has 1 aliphatic rings. The van der Waals surface area contributed by atoms with Crippen LogP contribution in [-0.4, -0.2) is 23.3 Å². The van der Waals surface area contributed by atoms with Gasteiger partial charge in [-0.2, -0.15) is 0 Å². The number of hydrogen-bond acceptors (Lipinski definition) is 3. The Balaban J connectivity index is 1.76. The summed E-state index contributed by atoms with van der Waals surface area (Å²) in [6, 6.07) is 3.08. The van der Waals surface area contributed by atoms with E-state index in [0.717, 1.165) is 18.3 Å². The average Bonchev–Trinajstić information content (AvgIpc) is 3.09. The van der Waals surface area contributed by atoms with E-state index < -0.39 is 0 Å². The van der Waals surface area contributed by atoms with Crippen molar-refractivity contribution in [1.29, 1.82) is 0 Å². The fraction of sp³-hybridized carbons (Fsp3) is 0.615. The summed E-state index contributed by atoms with van der Waals surface area (Å²) >= 11 is 1.90. The lowest BCUT2D eigenvalue weighted by molar-refractivity contribution is 0.726. The zero-order valence-corrected chi connectivity index (χ0v) is 10.9.